The lowest BCUT2D eigenvalue weighted by Gasteiger charge is -2.02. The maximum atomic E-state index is 12.2. The van der Waals surface area contributed by atoms with Gasteiger partial charge in [0.25, 0.3) is 0 Å². The number of Topliss-reactive ketones (excluding diaryl/α,β-unsaturated/α-hetero) is 2. The second-order valence-corrected chi connectivity index (χ2v) is 10.5. The van der Waals surface area contributed by atoms with Crippen molar-refractivity contribution in [2.24, 2.45) is 0 Å². The minimum atomic E-state index is -0.0462. The molecule has 0 fully saturated rings. The number of carbonyl (C=O) groups is 2. The normalized spacial score (nSPS) is 11.2. The number of unbranched alkanes of at least 4 members (excludes halogenated alkanes) is 4. The Hall–Kier alpha value is 0.480. The Kier molecular flexibility index (Phi) is 9.70. The van der Waals surface area contributed by atoms with Gasteiger partial charge >= 0.3 is 0 Å². The molecule has 27 heavy (non-hydrogen) atoms. The van der Waals surface area contributed by atoms with Crippen molar-refractivity contribution < 1.29 is 9.59 Å². The number of hydrogen-bond acceptors (Lipinski definition) is 4. The predicted molar refractivity (Wildman–Crippen MR) is 120 cm³/mol. The molecule has 0 saturated heterocycles. The van der Waals surface area contributed by atoms with Gasteiger partial charge in [-0.1, -0.05) is 88.9 Å². The van der Waals surface area contributed by atoms with E-state index >= 15 is 0 Å². The van der Waals surface area contributed by atoms with Crippen molar-refractivity contribution >= 4 is 104 Å². The summed E-state index contributed by atoms with van der Waals surface area (Å²) >= 11 is 37.8. The third-order valence-electron chi connectivity index (χ3n) is 3.83. The van der Waals surface area contributed by atoms with Crippen LogP contribution in [0.4, 0.5) is 0 Å². The number of hydrogen-bond donors (Lipinski definition) is 0. The number of halogens is 6. The van der Waals surface area contributed by atoms with Gasteiger partial charge in [-0.2, -0.15) is 0 Å². The lowest BCUT2D eigenvalue weighted by molar-refractivity contribution is 0.0977. The van der Waals surface area contributed by atoms with E-state index in [-0.39, 0.29) is 31.7 Å². The van der Waals surface area contributed by atoms with Crippen molar-refractivity contribution in [3.8, 4) is 0 Å². The molecule has 0 spiro atoms. The van der Waals surface area contributed by atoms with Gasteiger partial charge < -0.3 is 0 Å². The highest BCUT2D eigenvalue weighted by Gasteiger charge is 2.20. The Morgan fingerprint density at radius 2 is 0.889 bits per heavy atom. The molecule has 0 saturated carbocycles. The predicted octanol–water partition coefficient (Wildman–Crippen LogP) is 9.53. The molecule has 2 heterocycles. The monoisotopic (exact) mass is 524 g/mol. The fourth-order valence-electron chi connectivity index (χ4n) is 2.42. The lowest BCUT2D eigenvalue weighted by atomic mass is 10.1. The van der Waals surface area contributed by atoms with E-state index < -0.39 is 0 Å². The molecule has 148 valence electrons. The van der Waals surface area contributed by atoms with Gasteiger partial charge in [-0.05, 0) is 12.8 Å². The molecule has 2 aromatic rings. The van der Waals surface area contributed by atoms with Crippen LogP contribution in [0.25, 0.3) is 0 Å². The van der Waals surface area contributed by atoms with E-state index in [0.29, 0.717) is 31.3 Å². The van der Waals surface area contributed by atoms with Crippen LogP contribution in [0.15, 0.2) is 0 Å². The van der Waals surface area contributed by atoms with Gasteiger partial charge in [0.05, 0.1) is 29.8 Å². The SMILES string of the molecule is O=C(CCCCCCCC(=O)c1sc(Cl)c(Cl)c1Cl)c1sc(Cl)c(Cl)c1Cl. The van der Waals surface area contributed by atoms with Crippen LogP contribution in [-0.4, -0.2) is 11.6 Å². The van der Waals surface area contributed by atoms with Crippen LogP contribution in [0.3, 0.4) is 0 Å². The Morgan fingerprint density at radius 3 is 1.19 bits per heavy atom. The Labute approximate surface area is 195 Å². The first-order valence-electron chi connectivity index (χ1n) is 8.07. The van der Waals surface area contributed by atoms with E-state index in [4.69, 9.17) is 69.6 Å². The summed E-state index contributed by atoms with van der Waals surface area (Å²) in [6.07, 6.45) is 5.00. The number of thiophene rings is 2. The average Bonchev–Trinajstić information content (AvgIpc) is 3.05. The fourth-order valence-corrected chi connectivity index (χ4v) is 6.00. The topological polar surface area (TPSA) is 34.1 Å². The van der Waals surface area contributed by atoms with Crippen LogP contribution >= 0.6 is 92.3 Å². The highest BCUT2D eigenvalue weighted by molar-refractivity contribution is 7.20. The van der Waals surface area contributed by atoms with Gasteiger partial charge in [-0.25, -0.2) is 0 Å². The largest absolute Gasteiger partial charge is 0.293 e. The second-order valence-electron chi connectivity index (χ2n) is 5.78. The van der Waals surface area contributed by atoms with Crippen LogP contribution < -0.4 is 0 Å². The van der Waals surface area contributed by atoms with E-state index in [1.54, 1.807) is 0 Å². The van der Waals surface area contributed by atoms with Crippen LogP contribution in [0.1, 0.15) is 64.3 Å². The van der Waals surface area contributed by atoms with Crippen molar-refractivity contribution in [1.82, 2.24) is 0 Å². The third kappa shape index (κ3) is 6.23. The standard InChI is InChI=1S/C17H14Cl6O2S2/c18-10-12(20)16(22)26-14(10)8(24)6-4-2-1-3-5-7-9(25)15-11(19)13(21)17(23)27-15/h1-7H2. The first-order chi connectivity index (χ1) is 12.7. The highest BCUT2D eigenvalue weighted by Crippen LogP contribution is 2.42. The summed E-state index contributed by atoms with van der Waals surface area (Å²) in [4.78, 5) is 25.2. The first-order valence-corrected chi connectivity index (χ1v) is 12.0. The van der Waals surface area contributed by atoms with Gasteiger partial charge in [0.2, 0.25) is 0 Å². The van der Waals surface area contributed by atoms with Crippen molar-refractivity contribution in [3.05, 3.63) is 38.5 Å². The van der Waals surface area contributed by atoms with Crippen LogP contribution in [0, 0.1) is 0 Å². The summed E-state index contributed by atoms with van der Waals surface area (Å²) in [7, 11) is 0. The summed E-state index contributed by atoms with van der Waals surface area (Å²) in [5.74, 6) is -0.0925. The van der Waals surface area contributed by atoms with Gasteiger partial charge in [0.1, 0.15) is 8.67 Å². The van der Waals surface area contributed by atoms with Crippen molar-refractivity contribution in [1.29, 1.82) is 0 Å². The molecule has 10 heteroatoms. The molecule has 0 aliphatic rings. The van der Waals surface area contributed by atoms with Crippen molar-refractivity contribution in [2.75, 3.05) is 0 Å². The molecule has 0 amide bonds. The van der Waals surface area contributed by atoms with Crippen LogP contribution in [0.2, 0.25) is 28.8 Å². The maximum Gasteiger partial charge on any atom is 0.174 e. The van der Waals surface area contributed by atoms with E-state index in [0.717, 1.165) is 54.8 Å². The summed E-state index contributed by atoms with van der Waals surface area (Å²) in [6, 6.07) is 0. The molecule has 0 aliphatic carbocycles. The summed E-state index contributed by atoms with van der Waals surface area (Å²) in [5, 5.41) is 0.958. The summed E-state index contributed by atoms with van der Waals surface area (Å²) in [5.41, 5.74) is 0. The molecule has 0 atom stereocenters. The van der Waals surface area contributed by atoms with Crippen molar-refractivity contribution in [3.63, 3.8) is 0 Å². The molecular weight excluding hydrogens is 513 g/mol. The molecule has 2 nitrogen and oxygen atoms in total. The molecular formula is C17H14Cl6O2S2. The smallest absolute Gasteiger partial charge is 0.174 e. The zero-order chi connectivity index (χ0) is 20.1. The molecule has 0 unspecified atom stereocenters. The van der Waals surface area contributed by atoms with Gasteiger partial charge in [-0.15, -0.1) is 22.7 Å². The molecule has 0 radical (unpaired) electrons. The minimum absolute atomic E-state index is 0.0462. The maximum absolute atomic E-state index is 12.2. The van der Waals surface area contributed by atoms with Crippen molar-refractivity contribution in [2.45, 2.75) is 44.9 Å². The van der Waals surface area contributed by atoms with Gasteiger partial charge in [0.15, 0.2) is 11.6 Å². The fraction of sp³-hybridized carbons (Fsp3) is 0.412. The molecule has 0 bridgehead atoms. The molecule has 0 N–H and O–H groups in total. The molecule has 2 rings (SSSR count). The van der Waals surface area contributed by atoms with Crippen LogP contribution in [0.5, 0.6) is 0 Å². The average molecular weight is 527 g/mol. The highest BCUT2D eigenvalue weighted by atomic mass is 35.5. The molecule has 0 aliphatic heterocycles. The Morgan fingerprint density at radius 1 is 0.556 bits per heavy atom. The van der Waals surface area contributed by atoms with Gasteiger partial charge in [0, 0.05) is 12.8 Å². The summed E-state index contributed by atoms with van der Waals surface area (Å²) in [6.45, 7) is 0. The number of ketones is 2. The van der Waals surface area contributed by atoms with E-state index in [9.17, 15) is 9.59 Å². The lowest BCUT2D eigenvalue weighted by Crippen LogP contribution is -1.98. The zero-order valence-corrected chi connectivity index (χ0v) is 20.0. The number of rotatable bonds is 10. The molecule has 2 aromatic heterocycles. The Balaban J connectivity index is 1.64. The van der Waals surface area contributed by atoms with Gasteiger partial charge in [-0.3, -0.25) is 9.59 Å². The van der Waals surface area contributed by atoms with E-state index in [1.165, 1.54) is 0 Å². The quantitative estimate of drug-likeness (QED) is 0.228. The minimum Gasteiger partial charge on any atom is -0.293 e. The second kappa shape index (κ2) is 11.0. The third-order valence-corrected chi connectivity index (χ3v) is 9.05. The van der Waals surface area contributed by atoms with E-state index in [2.05, 4.69) is 0 Å². The summed E-state index contributed by atoms with van der Waals surface area (Å²) < 4.78 is 0.672. The Bertz CT molecular complexity index is 775. The number of carbonyl (C=O) groups excluding carboxylic acids is 2. The van der Waals surface area contributed by atoms with Crippen LogP contribution in [-0.2, 0) is 0 Å². The zero-order valence-electron chi connectivity index (χ0n) is 13.9. The van der Waals surface area contributed by atoms with E-state index in [1.807, 2.05) is 0 Å². The molecule has 0 aromatic carbocycles. The first kappa shape index (κ1) is 23.8.